The summed E-state index contributed by atoms with van der Waals surface area (Å²) in [6.07, 6.45) is 3.95. The third-order valence-electron chi connectivity index (χ3n) is 7.37. The number of fused-ring (bicyclic) bond motifs is 6. The van der Waals surface area contributed by atoms with Gasteiger partial charge in [-0.2, -0.15) is 0 Å². The third kappa shape index (κ3) is 3.34. The molecule has 6 heterocycles. The molecule has 4 nitrogen and oxygen atoms in total. The molecule has 0 atom stereocenters. The second kappa shape index (κ2) is 8.65. The van der Waals surface area contributed by atoms with Crippen molar-refractivity contribution in [3.63, 3.8) is 0 Å². The molecule has 0 amide bonds. The molecule has 8 rings (SSSR count). The van der Waals surface area contributed by atoms with Gasteiger partial charge in [0.15, 0.2) is 0 Å². The molecule has 0 N–H and O–H groups in total. The van der Waals surface area contributed by atoms with Gasteiger partial charge in [-0.1, -0.05) is 48.5 Å². The molecule has 8 aromatic rings. The van der Waals surface area contributed by atoms with E-state index in [4.69, 9.17) is 9.97 Å². The van der Waals surface area contributed by atoms with Gasteiger partial charge < -0.3 is 9.13 Å². The molecule has 0 radical (unpaired) electrons. The number of aromatic nitrogens is 4. The summed E-state index contributed by atoms with van der Waals surface area (Å²) in [7, 11) is 0. The van der Waals surface area contributed by atoms with Gasteiger partial charge in [0.2, 0.25) is 0 Å². The zero-order valence-electron chi connectivity index (χ0n) is 20.4. The first-order chi connectivity index (χ1) is 18.8. The van der Waals surface area contributed by atoms with Crippen LogP contribution in [-0.2, 0) is 13.1 Å². The lowest BCUT2D eigenvalue weighted by atomic mass is 10.1. The summed E-state index contributed by atoms with van der Waals surface area (Å²) in [5.41, 5.74) is 6.56. The third-order valence-corrected chi connectivity index (χ3v) is 9.09. The van der Waals surface area contributed by atoms with Crippen LogP contribution in [0.15, 0.2) is 108 Å². The predicted molar refractivity (Wildman–Crippen MR) is 160 cm³/mol. The van der Waals surface area contributed by atoms with Crippen LogP contribution in [0.1, 0.15) is 9.75 Å². The normalized spacial score (nSPS) is 11.9. The van der Waals surface area contributed by atoms with Crippen LogP contribution < -0.4 is 0 Å². The Kier molecular flexibility index (Phi) is 4.96. The SMILES string of the molecule is c1csc(Cn2c3ccccc3c3cc(-c4nccc5c6ccccc6n(Cc6cccs6)c45)ncc32)c1. The average molecular weight is 527 g/mol. The summed E-state index contributed by atoms with van der Waals surface area (Å²) in [6, 6.07) is 30.3. The Labute approximate surface area is 227 Å². The topological polar surface area (TPSA) is 35.6 Å². The van der Waals surface area contributed by atoms with E-state index >= 15 is 0 Å². The molecule has 0 bridgehead atoms. The summed E-state index contributed by atoms with van der Waals surface area (Å²) in [5, 5.41) is 9.20. The van der Waals surface area contributed by atoms with Crippen LogP contribution in [0.25, 0.3) is 55.0 Å². The summed E-state index contributed by atoms with van der Waals surface area (Å²) in [4.78, 5) is 12.6. The minimum absolute atomic E-state index is 0.808. The lowest BCUT2D eigenvalue weighted by Gasteiger charge is -2.10. The van der Waals surface area contributed by atoms with E-state index in [-0.39, 0.29) is 0 Å². The van der Waals surface area contributed by atoms with Gasteiger partial charge in [-0.25, -0.2) is 0 Å². The van der Waals surface area contributed by atoms with Crippen molar-refractivity contribution in [2.45, 2.75) is 13.1 Å². The first-order valence-corrected chi connectivity index (χ1v) is 14.4. The van der Waals surface area contributed by atoms with Crippen LogP contribution in [0.3, 0.4) is 0 Å². The van der Waals surface area contributed by atoms with Gasteiger partial charge in [-0.05, 0) is 47.2 Å². The van der Waals surface area contributed by atoms with Crippen molar-refractivity contribution in [3.8, 4) is 11.4 Å². The van der Waals surface area contributed by atoms with Crippen LogP contribution in [0, 0.1) is 0 Å². The van der Waals surface area contributed by atoms with Crippen molar-refractivity contribution < 1.29 is 0 Å². The molecule has 0 aliphatic heterocycles. The molecule has 182 valence electrons. The Morgan fingerprint density at radius 2 is 1.24 bits per heavy atom. The van der Waals surface area contributed by atoms with Crippen molar-refractivity contribution in [1.82, 2.24) is 19.1 Å². The number of hydrogen-bond acceptors (Lipinski definition) is 4. The van der Waals surface area contributed by atoms with Gasteiger partial charge >= 0.3 is 0 Å². The molecule has 38 heavy (non-hydrogen) atoms. The van der Waals surface area contributed by atoms with Crippen molar-refractivity contribution in [3.05, 3.63) is 118 Å². The molecule has 0 saturated carbocycles. The zero-order valence-corrected chi connectivity index (χ0v) is 22.0. The molecule has 0 unspecified atom stereocenters. The van der Waals surface area contributed by atoms with Gasteiger partial charge in [-0.15, -0.1) is 22.7 Å². The molecule has 6 heteroatoms. The summed E-state index contributed by atoms with van der Waals surface area (Å²) < 4.78 is 4.79. The number of para-hydroxylation sites is 2. The molecule has 0 saturated heterocycles. The van der Waals surface area contributed by atoms with E-state index in [0.29, 0.717) is 0 Å². The van der Waals surface area contributed by atoms with Crippen molar-refractivity contribution >= 4 is 66.3 Å². The van der Waals surface area contributed by atoms with Gasteiger partial charge in [0.25, 0.3) is 0 Å². The van der Waals surface area contributed by atoms with E-state index in [9.17, 15) is 0 Å². The standard InChI is InChI=1S/C32H22N4S2/c1-4-12-29-23(9-1)25-13-14-33-31(32(25)36(29)20-22-8-6-16-38-22)27-17-26-24-10-2-3-11-28(24)35(30(26)18-34-27)19-21-7-5-15-37-21/h1-18H,19-20H2. The van der Waals surface area contributed by atoms with Crippen LogP contribution in [-0.4, -0.2) is 19.1 Å². The predicted octanol–water partition coefficient (Wildman–Crippen LogP) is 8.58. The Morgan fingerprint density at radius 1 is 0.579 bits per heavy atom. The lowest BCUT2D eigenvalue weighted by molar-refractivity contribution is 0.881. The summed E-state index contributed by atoms with van der Waals surface area (Å²) in [6.45, 7) is 1.65. The number of benzene rings is 2. The minimum Gasteiger partial charge on any atom is -0.334 e. The number of rotatable bonds is 5. The largest absolute Gasteiger partial charge is 0.334 e. The second-order valence-corrected chi connectivity index (χ2v) is 11.6. The molecule has 0 spiro atoms. The Balaban J connectivity index is 1.38. The number of thiophene rings is 2. The fourth-order valence-electron chi connectivity index (χ4n) is 5.72. The van der Waals surface area contributed by atoms with Crippen LogP contribution >= 0.6 is 22.7 Å². The molecule has 0 aliphatic rings. The molecule has 2 aromatic carbocycles. The van der Waals surface area contributed by atoms with Gasteiger partial charge in [0.1, 0.15) is 5.69 Å². The minimum atomic E-state index is 0.808. The van der Waals surface area contributed by atoms with E-state index < -0.39 is 0 Å². The number of pyridine rings is 2. The Morgan fingerprint density at radius 3 is 1.95 bits per heavy atom. The van der Waals surface area contributed by atoms with Gasteiger partial charge in [0.05, 0.1) is 36.0 Å². The van der Waals surface area contributed by atoms with Crippen molar-refractivity contribution in [1.29, 1.82) is 0 Å². The van der Waals surface area contributed by atoms with Gasteiger partial charge in [0, 0.05) is 48.5 Å². The maximum atomic E-state index is 5.03. The highest BCUT2D eigenvalue weighted by Gasteiger charge is 2.19. The fourth-order valence-corrected chi connectivity index (χ4v) is 7.10. The molecular formula is C32H22N4S2. The smallest absolute Gasteiger partial charge is 0.113 e. The Hall–Kier alpha value is -4.26. The maximum Gasteiger partial charge on any atom is 0.113 e. The van der Waals surface area contributed by atoms with Crippen molar-refractivity contribution in [2.75, 3.05) is 0 Å². The highest BCUT2D eigenvalue weighted by atomic mass is 32.1. The van der Waals surface area contributed by atoms with Crippen LogP contribution in [0.2, 0.25) is 0 Å². The maximum absolute atomic E-state index is 5.03. The summed E-state index contributed by atoms with van der Waals surface area (Å²) >= 11 is 3.58. The second-order valence-electron chi connectivity index (χ2n) is 9.51. The molecule has 0 fully saturated rings. The molecular weight excluding hydrogens is 505 g/mol. The van der Waals surface area contributed by atoms with Gasteiger partial charge in [-0.3, -0.25) is 9.97 Å². The van der Waals surface area contributed by atoms with Crippen LogP contribution in [0.4, 0.5) is 0 Å². The van der Waals surface area contributed by atoms with E-state index in [2.05, 4.69) is 105 Å². The lowest BCUT2D eigenvalue weighted by Crippen LogP contribution is -2.01. The zero-order chi connectivity index (χ0) is 25.1. The highest BCUT2D eigenvalue weighted by molar-refractivity contribution is 7.10. The molecule has 0 aliphatic carbocycles. The summed E-state index contributed by atoms with van der Waals surface area (Å²) in [5.74, 6) is 0. The number of hydrogen-bond donors (Lipinski definition) is 0. The van der Waals surface area contributed by atoms with E-state index in [1.807, 2.05) is 12.4 Å². The first-order valence-electron chi connectivity index (χ1n) is 12.6. The first kappa shape index (κ1) is 21.8. The van der Waals surface area contributed by atoms with Crippen molar-refractivity contribution in [2.24, 2.45) is 0 Å². The average Bonchev–Trinajstić information content (AvgIpc) is 3.77. The highest BCUT2D eigenvalue weighted by Crippen LogP contribution is 2.37. The Bertz CT molecular complexity index is 2080. The number of nitrogens with zero attached hydrogens (tertiary/aromatic N) is 4. The van der Waals surface area contributed by atoms with Crippen LogP contribution in [0.5, 0.6) is 0 Å². The molecule has 6 aromatic heterocycles. The fraction of sp³-hybridized carbons (Fsp3) is 0.0625. The van der Waals surface area contributed by atoms with E-state index in [1.165, 1.54) is 42.3 Å². The quantitative estimate of drug-likeness (QED) is 0.225. The van der Waals surface area contributed by atoms with E-state index in [0.717, 1.165) is 35.5 Å². The monoisotopic (exact) mass is 526 g/mol. The van der Waals surface area contributed by atoms with E-state index in [1.54, 1.807) is 22.7 Å².